The molecule has 20 heavy (non-hydrogen) atoms. The Hall–Kier alpha value is -1.26. The number of piperidine rings is 1. The van der Waals surface area contributed by atoms with Gasteiger partial charge in [0.25, 0.3) is 5.91 Å². The van der Waals surface area contributed by atoms with Gasteiger partial charge in [-0.25, -0.2) is 0 Å². The first-order valence-corrected chi connectivity index (χ1v) is 6.94. The quantitative estimate of drug-likeness (QED) is 0.927. The maximum atomic E-state index is 12.5. The molecule has 0 radical (unpaired) electrons. The van der Waals surface area contributed by atoms with Crippen LogP contribution in [0, 0.1) is 0 Å². The number of likely N-dealkylation sites (tertiary alicyclic amines) is 1. The molecule has 0 atom stereocenters. The van der Waals surface area contributed by atoms with Crippen LogP contribution in [0.1, 0.15) is 30.1 Å². The van der Waals surface area contributed by atoms with Crippen molar-refractivity contribution in [2.75, 3.05) is 26.7 Å². The summed E-state index contributed by atoms with van der Waals surface area (Å²) in [4.78, 5) is 14.4. The number of amides is 1. The second-order valence-electron chi connectivity index (χ2n) is 4.78. The number of ether oxygens (including phenoxy) is 1. The van der Waals surface area contributed by atoms with Gasteiger partial charge >= 0.3 is 0 Å². The fourth-order valence-electron chi connectivity index (χ4n) is 2.47. The van der Waals surface area contributed by atoms with Gasteiger partial charge in [0.05, 0.1) is 12.2 Å². The van der Waals surface area contributed by atoms with E-state index in [1.807, 2.05) is 43.1 Å². The van der Waals surface area contributed by atoms with Gasteiger partial charge in [0, 0.05) is 19.1 Å². The average molecular weight is 299 g/mol. The van der Waals surface area contributed by atoms with E-state index in [4.69, 9.17) is 4.74 Å². The molecule has 0 unspecified atom stereocenters. The third-order valence-corrected chi connectivity index (χ3v) is 3.61. The molecule has 1 fully saturated rings. The van der Waals surface area contributed by atoms with Gasteiger partial charge in [0.1, 0.15) is 5.75 Å². The zero-order chi connectivity index (χ0) is 13.7. The Kier molecular flexibility index (Phi) is 6.82. The van der Waals surface area contributed by atoms with Crippen LogP contribution in [-0.4, -0.2) is 43.6 Å². The lowest BCUT2D eigenvalue weighted by Gasteiger charge is -2.32. The first-order chi connectivity index (χ1) is 9.26. The maximum Gasteiger partial charge on any atom is 0.257 e. The van der Waals surface area contributed by atoms with Gasteiger partial charge in [-0.1, -0.05) is 12.1 Å². The number of benzene rings is 1. The molecule has 112 valence electrons. The highest BCUT2D eigenvalue weighted by atomic mass is 35.5. The average Bonchev–Trinajstić information content (AvgIpc) is 2.47. The predicted molar refractivity (Wildman–Crippen MR) is 82.8 cm³/mol. The number of para-hydroxylation sites is 1. The van der Waals surface area contributed by atoms with Gasteiger partial charge in [-0.2, -0.15) is 0 Å². The van der Waals surface area contributed by atoms with Gasteiger partial charge in [-0.3, -0.25) is 4.79 Å². The smallest absolute Gasteiger partial charge is 0.257 e. The molecule has 0 spiro atoms. The van der Waals surface area contributed by atoms with Crippen molar-refractivity contribution in [3.05, 3.63) is 29.8 Å². The molecule has 0 aliphatic carbocycles. The van der Waals surface area contributed by atoms with E-state index in [1.54, 1.807) is 0 Å². The van der Waals surface area contributed by atoms with Crippen molar-refractivity contribution < 1.29 is 9.53 Å². The van der Waals surface area contributed by atoms with E-state index < -0.39 is 0 Å². The topological polar surface area (TPSA) is 41.6 Å². The van der Waals surface area contributed by atoms with Gasteiger partial charge in [0.2, 0.25) is 0 Å². The molecule has 5 heteroatoms. The molecule has 4 nitrogen and oxygen atoms in total. The zero-order valence-corrected chi connectivity index (χ0v) is 12.9. The molecule has 1 N–H and O–H groups in total. The van der Waals surface area contributed by atoms with Crippen LogP contribution in [0.15, 0.2) is 24.3 Å². The molecule has 1 aromatic rings. The second-order valence-corrected chi connectivity index (χ2v) is 4.78. The summed E-state index contributed by atoms with van der Waals surface area (Å²) in [7, 11) is 1.98. The number of hydrogen-bond donors (Lipinski definition) is 1. The summed E-state index contributed by atoms with van der Waals surface area (Å²) in [5, 5.41) is 3.27. The highest BCUT2D eigenvalue weighted by Crippen LogP contribution is 2.21. The van der Waals surface area contributed by atoms with E-state index in [2.05, 4.69) is 5.32 Å². The van der Waals surface area contributed by atoms with Crippen molar-refractivity contribution in [1.82, 2.24) is 10.2 Å². The standard InChI is InChI=1S/C15H22N2O2.ClH/c1-3-19-14-7-5-4-6-13(14)15(18)17-10-8-12(16-2)9-11-17;/h4-7,12,16H,3,8-11H2,1-2H3;1H. The Labute approximate surface area is 126 Å². The second kappa shape index (κ2) is 8.12. The van der Waals surface area contributed by atoms with Crippen LogP contribution >= 0.6 is 12.4 Å². The van der Waals surface area contributed by atoms with Crippen LogP contribution in [0.4, 0.5) is 0 Å². The van der Waals surface area contributed by atoms with Crippen molar-refractivity contribution in [1.29, 1.82) is 0 Å². The lowest BCUT2D eigenvalue weighted by molar-refractivity contribution is 0.0703. The van der Waals surface area contributed by atoms with Crippen molar-refractivity contribution in [2.24, 2.45) is 0 Å². The molecular formula is C15H23ClN2O2. The third kappa shape index (κ3) is 3.87. The van der Waals surface area contributed by atoms with Gasteiger partial charge in [-0.15, -0.1) is 12.4 Å². The molecule has 1 saturated heterocycles. The molecule has 0 aromatic heterocycles. The van der Waals surface area contributed by atoms with Gasteiger partial charge in [0.15, 0.2) is 0 Å². The molecule has 0 bridgehead atoms. The van der Waals surface area contributed by atoms with Crippen molar-refractivity contribution in [2.45, 2.75) is 25.8 Å². The minimum absolute atomic E-state index is 0. The molecule has 1 heterocycles. The number of nitrogens with one attached hydrogen (secondary N) is 1. The van der Waals surface area contributed by atoms with Crippen molar-refractivity contribution in [3.8, 4) is 5.75 Å². The molecule has 1 aromatic carbocycles. The number of hydrogen-bond acceptors (Lipinski definition) is 3. The number of nitrogens with zero attached hydrogens (tertiary/aromatic N) is 1. The van der Waals surface area contributed by atoms with Gasteiger partial charge < -0.3 is 15.0 Å². The lowest BCUT2D eigenvalue weighted by Crippen LogP contribution is -2.44. The minimum atomic E-state index is 0. The lowest BCUT2D eigenvalue weighted by atomic mass is 10.0. The van der Waals surface area contributed by atoms with E-state index in [-0.39, 0.29) is 18.3 Å². The molecule has 2 rings (SSSR count). The summed E-state index contributed by atoms with van der Waals surface area (Å²) in [6, 6.07) is 8.02. The Morgan fingerprint density at radius 1 is 1.35 bits per heavy atom. The molecular weight excluding hydrogens is 276 g/mol. The highest BCUT2D eigenvalue weighted by molar-refractivity contribution is 5.97. The van der Waals surface area contributed by atoms with Crippen molar-refractivity contribution in [3.63, 3.8) is 0 Å². The van der Waals surface area contributed by atoms with Crippen LogP contribution in [-0.2, 0) is 0 Å². The fraction of sp³-hybridized carbons (Fsp3) is 0.533. The summed E-state index contributed by atoms with van der Waals surface area (Å²) in [6.45, 7) is 4.13. The van der Waals surface area contributed by atoms with E-state index in [1.165, 1.54) is 0 Å². The van der Waals surface area contributed by atoms with Crippen LogP contribution in [0.25, 0.3) is 0 Å². The summed E-state index contributed by atoms with van der Waals surface area (Å²) in [5.74, 6) is 0.768. The summed E-state index contributed by atoms with van der Waals surface area (Å²) >= 11 is 0. The Morgan fingerprint density at radius 3 is 2.60 bits per heavy atom. The van der Waals surface area contributed by atoms with Crippen LogP contribution in [0.5, 0.6) is 5.75 Å². The number of halogens is 1. The van der Waals surface area contributed by atoms with Crippen LogP contribution in [0.2, 0.25) is 0 Å². The van der Waals surface area contributed by atoms with E-state index in [9.17, 15) is 4.79 Å². The van der Waals surface area contributed by atoms with E-state index in [0.717, 1.165) is 25.9 Å². The number of carbonyl (C=O) groups is 1. The first-order valence-electron chi connectivity index (χ1n) is 6.94. The van der Waals surface area contributed by atoms with E-state index >= 15 is 0 Å². The van der Waals surface area contributed by atoms with Gasteiger partial charge in [-0.05, 0) is 38.9 Å². The SMILES string of the molecule is CCOc1ccccc1C(=O)N1CCC(NC)CC1.Cl. The normalized spacial score (nSPS) is 15.6. The largest absolute Gasteiger partial charge is 0.493 e. The first kappa shape index (κ1) is 16.8. The molecule has 1 aliphatic heterocycles. The number of rotatable bonds is 4. The Morgan fingerprint density at radius 2 is 2.00 bits per heavy atom. The Balaban J connectivity index is 0.00000200. The van der Waals surface area contributed by atoms with Crippen molar-refractivity contribution >= 4 is 18.3 Å². The number of carbonyl (C=O) groups excluding carboxylic acids is 1. The summed E-state index contributed by atoms with van der Waals surface area (Å²) in [5.41, 5.74) is 0.673. The predicted octanol–water partition coefficient (Wildman–Crippen LogP) is 2.33. The Bertz CT molecular complexity index is 432. The molecule has 0 saturated carbocycles. The summed E-state index contributed by atoms with van der Waals surface area (Å²) in [6.07, 6.45) is 2.03. The van der Waals surface area contributed by atoms with Crippen LogP contribution in [0.3, 0.4) is 0 Å². The molecule has 1 aliphatic rings. The fourth-order valence-corrected chi connectivity index (χ4v) is 2.47. The molecule has 1 amide bonds. The highest BCUT2D eigenvalue weighted by Gasteiger charge is 2.24. The minimum Gasteiger partial charge on any atom is -0.493 e. The zero-order valence-electron chi connectivity index (χ0n) is 12.1. The maximum absolute atomic E-state index is 12.5. The monoisotopic (exact) mass is 298 g/mol. The van der Waals surface area contributed by atoms with Crippen LogP contribution < -0.4 is 10.1 Å². The summed E-state index contributed by atoms with van der Waals surface area (Å²) < 4.78 is 5.53. The third-order valence-electron chi connectivity index (χ3n) is 3.61. The van der Waals surface area contributed by atoms with E-state index in [0.29, 0.717) is 24.0 Å².